The van der Waals surface area contributed by atoms with Gasteiger partial charge in [-0.1, -0.05) is 42.5 Å². The Morgan fingerprint density at radius 2 is 1.64 bits per heavy atom. The molecule has 1 aromatic heterocycles. The molecular weight excluding hydrogens is 410 g/mol. The molecule has 0 aliphatic heterocycles. The van der Waals surface area contributed by atoms with E-state index in [4.69, 9.17) is 9.84 Å². The Morgan fingerprint density at radius 3 is 2.36 bits per heavy atom. The van der Waals surface area contributed by atoms with Gasteiger partial charge < -0.3 is 10.1 Å². The minimum absolute atomic E-state index is 0.0369. The van der Waals surface area contributed by atoms with Crippen molar-refractivity contribution >= 4 is 11.6 Å². The maximum absolute atomic E-state index is 12.7. The summed E-state index contributed by atoms with van der Waals surface area (Å²) >= 11 is 0. The van der Waals surface area contributed by atoms with E-state index in [-0.39, 0.29) is 5.91 Å². The summed E-state index contributed by atoms with van der Waals surface area (Å²) in [5, 5.41) is 7.78. The number of aryl methyl sites for hydroxylation is 4. The van der Waals surface area contributed by atoms with Crippen LogP contribution in [-0.2, 0) is 11.2 Å². The molecule has 3 aromatic carbocycles. The average Bonchev–Trinajstić information content (AvgIpc) is 3.07. The van der Waals surface area contributed by atoms with Crippen molar-refractivity contribution in [3.05, 3.63) is 101 Å². The summed E-state index contributed by atoms with van der Waals surface area (Å²) in [7, 11) is 0. The predicted octanol–water partition coefficient (Wildman–Crippen LogP) is 6.47. The van der Waals surface area contributed by atoms with Crippen LogP contribution in [-0.4, -0.2) is 15.7 Å². The number of rotatable bonds is 7. The van der Waals surface area contributed by atoms with Gasteiger partial charge in [-0.3, -0.25) is 4.79 Å². The monoisotopic (exact) mass is 439 g/mol. The van der Waals surface area contributed by atoms with Crippen molar-refractivity contribution in [1.82, 2.24) is 9.78 Å². The third kappa shape index (κ3) is 5.32. The Balaban J connectivity index is 1.63. The summed E-state index contributed by atoms with van der Waals surface area (Å²) in [5.41, 5.74) is 6.87. The van der Waals surface area contributed by atoms with E-state index in [9.17, 15) is 4.79 Å². The Morgan fingerprint density at radius 1 is 0.909 bits per heavy atom. The van der Waals surface area contributed by atoms with E-state index in [1.807, 2.05) is 92.2 Å². The minimum atomic E-state index is -0.0369. The largest absolute Gasteiger partial charge is 0.439 e. The second kappa shape index (κ2) is 9.74. The molecule has 5 nitrogen and oxygen atoms in total. The number of benzene rings is 3. The van der Waals surface area contributed by atoms with Crippen molar-refractivity contribution in [2.45, 2.75) is 40.5 Å². The highest BCUT2D eigenvalue weighted by Gasteiger charge is 2.20. The summed E-state index contributed by atoms with van der Waals surface area (Å²) in [6.07, 6.45) is 0.856. The first-order chi connectivity index (χ1) is 15.9. The summed E-state index contributed by atoms with van der Waals surface area (Å²) in [5.74, 6) is 1.36. The van der Waals surface area contributed by atoms with Crippen LogP contribution in [0.5, 0.6) is 11.6 Å². The maximum atomic E-state index is 12.7. The second-order valence-corrected chi connectivity index (χ2v) is 8.40. The van der Waals surface area contributed by atoms with Crippen LogP contribution in [0, 0.1) is 27.7 Å². The summed E-state index contributed by atoms with van der Waals surface area (Å²) < 4.78 is 8.23. The number of para-hydroxylation sites is 1. The highest BCUT2D eigenvalue weighted by atomic mass is 16.5. The number of carbonyl (C=O) groups is 1. The van der Waals surface area contributed by atoms with E-state index >= 15 is 0 Å². The van der Waals surface area contributed by atoms with E-state index in [0.29, 0.717) is 18.7 Å². The molecule has 4 aromatic rings. The highest BCUT2D eigenvalue weighted by Crippen LogP contribution is 2.32. The molecule has 1 N–H and O–H groups in total. The molecule has 0 bridgehead atoms. The quantitative estimate of drug-likeness (QED) is 0.359. The number of carbonyl (C=O) groups excluding carboxylic acids is 1. The minimum Gasteiger partial charge on any atom is -0.439 e. The molecule has 0 spiro atoms. The van der Waals surface area contributed by atoms with Gasteiger partial charge in [-0.05, 0) is 81.1 Å². The molecule has 1 heterocycles. The third-order valence-electron chi connectivity index (χ3n) is 5.59. The summed E-state index contributed by atoms with van der Waals surface area (Å²) in [4.78, 5) is 12.7. The zero-order valence-corrected chi connectivity index (χ0v) is 19.6. The van der Waals surface area contributed by atoms with Crippen LogP contribution in [0.25, 0.3) is 5.69 Å². The predicted molar refractivity (Wildman–Crippen MR) is 132 cm³/mol. The molecule has 168 valence electrons. The highest BCUT2D eigenvalue weighted by molar-refractivity contribution is 5.90. The number of nitrogens with one attached hydrogen (secondary N) is 1. The van der Waals surface area contributed by atoms with Crippen LogP contribution in [0.2, 0.25) is 0 Å². The summed E-state index contributed by atoms with van der Waals surface area (Å²) in [6.45, 7) is 8.06. The third-order valence-corrected chi connectivity index (χ3v) is 5.59. The van der Waals surface area contributed by atoms with Crippen LogP contribution >= 0.6 is 0 Å². The van der Waals surface area contributed by atoms with Gasteiger partial charge in [0.1, 0.15) is 5.75 Å². The molecule has 1 amide bonds. The lowest BCUT2D eigenvalue weighted by Gasteiger charge is -2.13. The first-order valence-electron chi connectivity index (χ1n) is 11.2. The van der Waals surface area contributed by atoms with Gasteiger partial charge in [-0.15, -0.1) is 0 Å². The molecule has 0 aliphatic rings. The zero-order valence-electron chi connectivity index (χ0n) is 19.6. The molecular formula is C28H29N3O2. The number of anilines is 1. The van der Waals surface area contributed by atoms with Gasteiger partial charge in [0.2, 0.25) is 11.8 Å². The van der Waals surface area contributed by atoms with Crippen LogP contribution in [0.3, 0.4) is 0 Å². The number of aromatic nitrogens is 2. The lowest BCUT2D eigenvalue weighted by Crippen LogP contribution is -2.12. The Bertz CT molecular complexity index is 1290. The van der Waals surface area contributed by atoms with Gasteiger partial charge in [-0.25, -0.2) is 0 Å². The molecule has 4 rings (SSSR count). The van der Waals surface area contributed by atoms with Gasteiger partial charge in [0.05, 0.1) is 11.4 Å². The zero-order chi connectivity index (χ0) is 23.4. The molecule has 0 atom stereocenters. The molecule has 0 saturated carbocycles. The lowest BCUT2D eigenvalue weighted by atomic mass is 10.1. The van der Waals surface area contributed by atoms with Gasteiger partial charge in [0.25, 0.3) is 0 Å². The fourth-order valence-electron chi connectivity index (χ4n) is 3.87. The fourth-order valence-corrected chi connectivity index (χ4v) is 3.87. The number of hydrogen-bond donors (Lipinski definition) is 1. The number of hydrogen-bond acceptors (Lipinski definition) is 3. The number of amides is 1. The van der Waals surface area contributed by atoms with E-state index in [1.54, 1.807) is 0 Å². The standard InChI is InChI=1S/C28H29N3O2/c1-19-9-7-12-23(17-19)29-27(32)16-15-25-22(4)30-31(26-14-6-5-11-21(26)3)28(25)33-24-13-8-10-20(2)18-24/h5-14,17-18H,15-16H2,1-4H3,(H,29,32). The van der Waals surface area contributed by atoms with Crippen LogP contribution in [0.15, 0.2) is 72.8 Å². The van der Waals surface area contributed by atoms with Crippen LogP contribution < -0.4 is 10.1 Å². The van der Waals surface area contributed by atoms with Gasteiger partial charge in [0.15, 0.2) is 0 Å². The molecule has 33 heavy (non-hydrogen) atoms. The first kappa shape index (κ1) is 22.3. The van der Waals surface area contributed by atoms with Crippen LogP contribution in [0.1, 0.15) is 34.4 Å². The molecule has 0 saturated heterocycles. The van der Waals surface area contributed by atoms with Crippen molar-refractivity contribution in [2.75, 3.05) is 5.32 Å². The van der Waals surface area contributed by atoms with Crippen molar-refractivity contribution in [2.24, 2.45) is 0 Å². The van der Waals surface area contributed by atoms with E-state index in [0.717, 1.165) is 45.1 Å². The number of ether oxygens (including phenoxy) is 1. The van der Waals surface area contributed by atoms with Crippen molar-refractivity contribution in [1.29, 1.82) is 0 Å². The smallest absolute Gasteiger partial charge is 0.226 e. The van der Waals surface area contributed by atoms with Crippen molar-refractivity contribution in [3.8, 4) is 17.3 Å². The van der Waals surface area contributed by atoms with E-state index in [1.165, 1.54) is 0 Å². The average molecular weight is 440 g/mol. The Kier molecular flexibility index (Phi) is 6.59. The van der Waals surface area contributed by atoms with Crippen molar-refractivity contribution in [3.63, 3.8) is 0 Å². The van der Waals surface area contributed by atoms with Gasteiger partial charge in [-0.2, -0.15) is 9.78 Å². The second-order valence-electron chi connectivity index (χ2n) is 8.40. The first-order valence-corrected chi connectivity index (χ1v) is 11.2. The molecule has 0 fully saturated rings. The van der Waals surface area contributed by atoms with Gasteiger partial charge >= 0.3 is 0 Å². The van der Waals surface area contributed by atoms with Crippen LogP contribution in [0.4, 0.5) is 5.69 Å². The Labute approximate surface area is 195 Å². The van der Waals surface area contributed by atoms with Crippen molar-refractivity contribution < 1.29 is 9.53 Å². The molecule has 0 aliphatic carbocycles. The molecule has 0 unspecified atom stereocenters. The maximum Gasteiger partial charge on any atom is 0.226 e. The Hall–Kier alpha value is -3.86. The van der Waals surface area contributed by atoms with E-state index in [2.05, 4.69) is 18.3 Å². The van der Waals surface area contributed by atoms with Gasteiger partial charge in [0, 0.05) is 17.7 Å². The topological polar surface area (TPSA) is 56.2 Å². The SMILES string of the molecule is Cc1cccc(NC(=O)CCc2c(C)nn(-c3ccccc3C)c2Oc2cccc(C)c2)c1. The number of nitrogens with zero attached hydrogens (tertiary/aromatic N) is 2. The molecule has 5 heteroatoms. The lowest BCUT2D eigenvalue weighted by molar-refractivity contribution is -0.116. The normalized spacial score (nSPS) is 10.8. The fraction of sp³-hybridized carbons (Fsp3) is 0.214. The summed E-state index contributed by atoms with van der Waals surface area (Å²) in [6, 6.07) is 23.8. The van der Waals surface area contributed by atoms with E-state index < -0.39 is 0 Å². The molecule has 0 radical (unpaired) electrons.